The van der Waals surface area contributed by atoms with E-state index >= 15 is 0 Å². The minimum atomic E-state index is -0.591. The van der Waals surface area contributed by atoms with Gasteiger partial charge in [0.05, 0.1) is 12.0 Å². The van der Waals surface area contributed by atoms with E-state index < -0.39 is 10.7 Å². The van der Waals surface area contributed by atoms with Crippen molar-refractivity contribution in [3.05, 3.63) is 27.8 Å². The van der Waals surface area contributed by atoms with Crippen molar-refractivity contribution in [3.8, 4) is 11.5 Å². The molecule has 2 rings (SSSR count). The molecule has 0 aromatic heterocycles. The molecule has 1 aliphatic heterocycles. The van der Waals surface area contributed by atoms with Crippen molar-refractivity contribution in [2.45, 2.75) is 13.0 Å². The Morgan fingerprint density at radius 1 is 1.36 bits per heavy atom. The summed E-state index contributed by atoms with van der Waals surface area (Å²) in [6.45, 7) is 5.58. The number of aromatic hydroxyl groups is 1. The highest BCUT2D eigenvalue weighted by molar-refractivity contribution is 5.85. The van der Waals surface area contributed by atoms with Crippen LogP contribution in [0.15, 0.2) is 12.1 Å². The van der Waals surface area contributed by atoms with Crippen molar-refractivity contribution in [3.63, 3.8) is 0 Å². The number of hydrogen-bond acceptors (Lipinski definition) is 6. The topological polar surface area (TPSA) is 87.9 Å². The number of benzene rings is 1. The van der Waals surface area contributed by atoms with Crippen LogP contribution in [0, 0.1) is 10.1 Å². The molecule has 0 saturated carbocycles. The number of ether oxygens (including phenoxy) is 1. The molecule has 0 aliphatic carbocycles. The summed E-state index contributed by atoms with van der Waals surface area (Å²) in [6, 6.07) is 3.12. The van der Waals surface area contributed by atoms with Gasteiger partial charge < -0.3 is 15.2 Å². The number of nitrogens with zero attached hydrogens (tertiary/aromatic N) is 2. The van der Waals surface area contributed by atoms with E-state index in [1.807, 2.05) is 6.92 Å². The predicted molar refractivity (Wildman–Crippen MR) is 88.7 cm³/mol. The van der Waals surface area contributed by atoms with Gasteiger partial charge >= 0.3 is 5.69 Å². The van der Waals surface area contributed by atoms with Gasteiger partial charge in [0.1, 0.15) is 0 Å². The Bertz CT molecular complexity index is 510. The number of nitro groups is 1. The van der Waals surface area contributed by atoms with E-state index in [2.05, 4.69) is 10.2 Å². The van der Waals surface area contributed by atoms with Crippen LogP contribution >= 0.6 is 24.8 Å². The molecule has 1 aromatic carbocycles. The molecule has 126 valence electrons. The van der Waals surface area contributed by atoms with Gasteiger partial charge in [-0.15, -0.1) is 24.8 Å². The molecule has 0 radical (unpaired) electrons. The van der Waals surface area contributed by atoms with Crippen LogP contribution in [0.5, 0.6) is 11.5 Å². The minimum Gasteiger partial charge on any atom is -0.500 e. The highest BCUT2D eigenvalue weighted by Gasteiger charge is 2.25. The van der Waals surface area contributed by atoms with Crippen molar-refractivity contribution < 1.29 is 14.8 Å². The molecular weight excluding hydrogens is 333 g/mol. The lowest BCUT2D eigenvalue weighted by Gasteiger charge is -2.33. The van der Waals surface area contributed by atoms with Crippen LogP contribution in [0.4, 0.5) is 5.69 Å². The van der Waals surface area contributed by atoms with E-state index in [9.17, 15) is 15.2 Å². The highest BCUT2D eigenvalue weighted by atomic mass is 35.5. The Morgan fingerprint density at radius 3 is 2.45 bits per heavy atom. The molecule has 7 nitrogen and oxygen atoms in total. The lowest BCUT2D eigenvalue weighted by atomic mass is 10.0. The highest BCUT2D eigenvalue weighted by Crippen LogP contribution is 2.39. The molecule has 1 atom stereocenters. The summed E-state index contributed by atoms with van der Waals surface area (Å²) in [5, 5.41) is 24.1. The summed E-state index contributed by atoms with van der Waals surface area (Å²) in [7, 11) is 1.39. The molecule has 1 heterocycles. The third kappa shape index (κ3) is 4.36. The summed E-state index contributed by atoms with van der Waals surface area (Å²) in [4.78, 5) is 12.7. The zero-order valence-electron chi connectivity index (χ0n) is 12.4. The van der Waals surface area contributed by atoms with Gasteiger partial charge in [-0.25, -0.2) is 0 Å². The van der Waals surface area contributed by atoms with Gasteiger partial charge in [0.2, 0.25) is 5.75 Å². The fourth-order valence-electron chi connectivity index (χ4n) is 2.43. The first-order chi connectivity index (χ1) is 9.54. The molecule has 1 aromatic rings. The minimum absolute atomic E-state index is 0. The smallest absolute Gasteiger partial charge is 0.314 e. The second-order valence-electron chi connectivity index (χ2n) is 4.81. The van der Waals surface area contributed by atoms with E-state index in [1.165, 1.54) is 13.2 Å². The summed E-state index contributed by atoms with van der Waals surface area (Å²) < 4.78 is 5.03. The second-order valence-corrected chi connectivity index (χ2v) is 4.81. The Kier molecular flexibility index (Phi) is 8.47. The van der Waals surface area contributed by atoms with Crippen LogP contribution in [-0.4, -0.2) is 48.2 Å². The zero-order chi connectivity index (χ0) is 14.7. The first-order valence-electron chi connectivity index (χ1n) is 6.54. The summed E-state index contributed by atoms with van der Waals surface area (Å²) in [5.41, 5.74) is 0.453. The summed E-state index contributed by atoms with van der Waals surface area (Å²) in [6.07, 6.45) is 0. The fourth-order valence-corrected chi connectivity index (χ4v) is 2.43. The Labute approximate surface area is 141 Å². The summed E-state index contributed by atoms with van der Waals surface area (Å²) >= 11 is 0. The van der Waals surface area contributed by atoms with Crippen LogP contribution in [0.25, 0.3) is 0 Å². The van der Waals surface area contributed by atoms with Gasteiger partial charge in [-0.2, -0.15) is 0 Å². The molecule has 0 spiro atoms. The lowest BCUT2D eigenvalue weighted by molar-refractivity contribution is -0.386. The number of nitro benzene ring substituents is 1. The van der Waals surface area contributed by atoms with Crippen LogP contribution in [0.3, 0.4) is 0 Å². The Balaban J connectivity index is 0.00000220. The number of halogens is 2. The van der Waals surface area contributed by atoms with Crippen molar-refractivity contribution >= 4 is 30.5 Å². The lowest BCUT2D eigenvalue weighted by Crippen LogP contribution is -2.44. The van der Waals surface area contributed by atoms with Gasteiger partial charge in [-0.3, -0.25) is 15.0 Å². The van der Waals surface area contributed by atoms with Crippen molar-refractivity contribution in [1.82, 2.24) is 10.2 Å². The van der Waals surface area contributed by atoms with E-state index in [-0.39, 0.29) is 42.3 Å². The molecule has 0 unspecified atom stereocenters. The van der Waals surface area contributed by atoms with Crippen molar-refractivity contribution in [2.24, 2.45) is 0 Å². The maximum Gasteiger partial charge on any atom is 0.314 e. The monoisotopic (exact) mass is 353 g/mol. The van der Waals surface area contributed by atoms with Crippen molar-refractivity contribution in [1.29, 1.82) is 0 Å². The standard InChI is InChI=1S/C13H19N3O4.2ClH/c1-9(15-5-3-14-4-6-15)10-7-11(16(18)19)13(17)12(8-10)20-2;;/h7-9,14,17H,3-6H2,1-2H3;2*1H/t9-;;/m1../s1. The second kappa shape index (κ2) is 8.99. The van der Waals surface area contributed by atoms with Crippen LogP contribution in [0.1, 0.15) is 18.5 Å². The molecular formula is C13H21Cl2N3O4. The normalized spacial score (nSPS) is 16.1. The van der Waals surface area contributed by atoms with Crippen LogP contribution < -0.4 is 10.1 Å². The van der Waals surface area contributed by atoms with Crippen LogP contribution in [-0.2, 0) is 0 Å². The molecule has 22 heavy (non-hydrogen) atoms. The van der Waals surface area contributed by atoms with Gasteiger partial charge in [0.15, 0.2) is 5.75 Å². The number of nitrogens with one attached hydrogen (secondary N) is 1. The number of phenols is 1. The maximum absolute atomic E-state index is 11.0. The largest absolute Gasteiger partial charge is 0.500 e. The van der Waals surface area contributed by atoms with Gasteiger partial charge in [-0.05, 0) is 18.6 Å². The first kappa shape index (κ1) is 20.7. The molecule has 1 saturated heterocycles. The van der Waals surface area contributed by atoms with Gasteiger partial charge in [-0.1, -0.05) is 0 Å². The Hall–Kier alpha value is -1.28. The van der Waals surface area contributed by atoms with E-state index in [1.54, 1.807) is 6.07 Å². The van der Waals surface area contributed by atoms with E-state index in [0.717, 1.165) is 31.7 Å². The van der Waals surface area contributed by atoms with Gasteiger partial charge in [0, 0.05) is 38.3 Å². The maximum atomic E-state index is 11.0. The van der Waals surface area contributed by atoms with Gasteiger partial charge in [0.25, 0.3) is 0 Å². The fraction of sp³-hybridized carbons (Fsp3) is 0.538. The molecule has 0 amide bonds. The number of rotatable bonds is 4. The number of hydrogen-bond donors (Lipinski definition) is 2. The molecule has 1 aliphatic rings. The third-order valence-corrected chi connectivity index (χ3v) is 3.68. The van der Waals surface area contributed by atoms with E-state index in [0.29, 0.717) is 0 Å². The molecule has 1 fully saturated rings. The quantitative estimate of drug-likeness (QED) is 0.636. The SMILES string of the molecule is COc1cc([C@@H](C)N2CCNCC2)cc([N+](=O)[O-])c1O.Cl.Cl. The molecule has 9 heteroatoms. The molecule has 2 N–H and O–H groups in total. The number of phenolic OH excluding ortho intramolecular Hbond substituents is 1. The average molecular weight is 354 g/mol. The van der Waals surface area contributed by atoms with Crippen LogP contribution in [0.2, 0.25) is 0 Å². The first-order valence-corrected chi connectivity index (χ1v) is 6.54. The zero-order valence-corrected chi connectivity index (χ0v) is 14.1. The van der Waals surface area contributed by atoms with E-state index in [4.69, 9.17) is 4.74 Å². The third-order valence-electron chi connectivity index (χ3n) is 3.68. The van der Waals surface area contributed by atoms with Crippen molar-refractivity contribution in [2.75, 3.05) is 33.3 Å². The number of piperazine rings is 1. The number of methoxy groups -OCH3 is 1. The Morgan fingerprint density at radius 2 is 1.95 bits per heavy atom. The molecule has 0 bridgehead atoms. The average Bonchev–Trinajstić information content (AvgIpc) is 2.47. The summed E-state index contributed by atoms with van der Waals surface area (Å²) in [5.74, 6) is -0.287. The predicted octanol–water partition coefficient (Wildman–Crippen LogP) is 2.12.